The molecule has 0 saturated carbocycles. The molecule has 1 saturated heterocycles. The van der Waals surface area contributed by atoms with Crippen LogP contribution in [0.4, 0.5) is 0 Å². The van der Waals surface area contributed by atoms with Gasteiger partial charge in [0, 0.05) is 26.2 Å². The summed E-state index contributed by atoms with van der Waals surface area (Å²) in [5.74, 6) is -0.134. The van der Waals surface area contributed by atoms with Gasteiger partial charge in [0.15, 0.2) is 0 Å². The number of esters is 1. The highest BCUT2D eigenvalue weighted by molar-refractivity contribution is 5.72. The molecule has 6 heteroatoms. The van der Waals surface area contributed by atoms with Gasteiger partial charge in [-0.25, -0.2) is 0 Å². The molecule has 0 amide bonds. The molecule has 0 aromatic heterocycles. The van der Waals surface area contributed by atoms with E-state index in [2.05, 4.69) is 20.9 Å². The van der Waals surface area contributed by atoms with Gasteiger partial charge in [-0.1, -0.05) is 0 Å². The molecule has 0 aliphatic carbocycles. The van der Waals surface area contributed by atoms with E-state index in [4.69, 9.17) is 4.74 Å². The van der Waals surface area contributed by atoms with E-state index < -0.39 is 5.60 Å². The van der Waals surface area contributed by atoms with Crippen LogP contribution in [0, 0.1) is 0 Å². The van der Waals surface area contributed by atoms with E-state index in [1.165, 1.54) is 0 Å². The van der Waals surface area contributed by atoms with Gasteiger partial charge in [0.25, 0.3) is 0 Å². The van der Waals surface area contributed by atoms with Crippen molar-refractivity contribution in [1.82, 2.24) is 20.9 Å². The quantitative estimate of drug-likeness (QED) is 0.633. The zero-order valence-corrected chi connectivity index (χ0v) is 14.5. The van der Waals surface area contributed by atoms with Gasteiger partial charge in [-0.05, 0) is 59.8 Å². The zero-order chi connectivity index (χ0) is 16.3. The maximum atomic E-state index is 12.0. The van der Waals surface area contributed by atoms with Crippen LogP contribution in [-0.4, -0.2) is 75.4 Å². The second kappa shape index (κ2) is 10.9. The Hall–Kier alpha value is -0.690. The average Bonchev–Trinajstić information content (AvgIpc) is 2.41. The largest absolute Gasteiger partial charge is 0.459 e. The highest BCUT2D eigenvalue weighted by Gasteiger charge is 2.18. The summed E-state index contributed by atoms with van der Waals surface area (Å²) in [6, 6.07) is 0. The Balaban J connectivity index is 2.37. The number of nitrogens with zero attached hydrogens (tertiary/aromatic N) is 1. The molecule has 22 heavy (non-hydrogen) atoms. The number of rotatable bonds is 2. The summed E-state index contributed by atoms with van der Waals surface area (Å²) in [5.41, 5.74) is -0.410. The smallest absolute Gasteiger partial charge is 0.320 e. The van der Waals surface area contributed by atoms with Crippen molar-refractivity contribution in [2.45, 2.75) is 39.2 Å². The first-order chi connectivity index (χ1) is 10.5. The number of hydrogen-bond acceptors (Lipinski definition) is 6. The Bertz CT molecular complexity index is 291. The molecule has 1 heterocycles. The second-order valence-electron chi connectivity index (χ2n) is 6.82. The van der Waals surface area contributed by atoms with Gasteiger partial charge < -0.3 is 20.7 Å². The fraction of sp³-hybridized carbons (Fsp3) is 0.938. The Morgan fingerprint density at radius 3 is 2.14 bits per heavy atom. The van der Waals surface area contributed by atoms with Crippen LogP contribution < -0.4 is 16.0 Å². The van der Waals surface area contributed by atoms with Crippen molar-refractivity contribution in [1.29, 1.82) is 0 Å². The monoisotopic (exact) mass is 314 g/mol. The minimum absolute atomic E-state index is 0.134. The van der Waals surface area contributed by atoms with Gasteiger partial charge in [0.2, 0.25) is 0 Å². The summed E-state index contributed by atoms with van der Waals surface area (Å²) in [6.07, 6.45) is 2.18. The number of carbonyl (C=O) groups excluding carboxylic acids is 1. The maximum Gasteiger partial charge on any atom is 0.320 e. The summed E-state index contributed by atoms with van der Waals surface area (Å²) in [6.45, 7) is 13.9. The maximum absolute atomic E-state index is 12.0. The first-order valence-electron chi connectivity index (χ1n) is 8.54. The van der Waals surface area contributed by atoms with E-state index in [0.717, 1.165) is 65.2 Å². The van der Waals surface area contributed by atoms with Crippen LogP contribution in [0.5, 0.6) is 0 Å². The van der Waals surface area contributed by atoms with Crippen molar-refractivity contribution in [3.63, 3.8) is 0 Å². The molecule has 1 rings (SSSR count). The van der Waals surface area contributed by atoms with Crippen molar-refractivity contribution in [3.05, 3.63) is 0 Å². The lowest BCUT2D eigenvalue weighted by Crippen LogP contribution is -2.40. The molecular formula is C16H34N4O2. The van der Waals surface area contributed by atoms with Crippen molar-refractivity contribution in [3.8, 4) is 0 Å². The van der Waals surface area contributed by atoms with Crippen LogP contribution in [0.15, 0.2) is 0 Å². The van der Waals surface area contributed by atoms with Crippen LogP contribution in [0.2, 0.25) is 0 Å². The molecule has 1 fully saturated rings. The normalized spacial score (nSPS) is 21.0. The summed E-state index contributed by atoms with van der Waals surface area (Å²) in [5, 5.41) is 10.3. The van der Waals surface area contributed by atoms with E-state index in [1.807, 2.05) is 20.8 Å². The third-order valence-electron chi connectivity index (χ3n) is 3.39. The molecular weight excluding hydrogens is 280 g/mol. The summed E-state index contributed by atoms with van der Waals surface area (Å²) in [7, 11) is 0. The van der Waals surface area contributed by atoms with E-state index >= 15 is 0 Å². The van der Waals surface area contributed by atoms with Crippen molar-refractivity contribution in [2.75, 3.05) is 58.9 Å². The molecule has 0 aromatic rings. The summed E-state index contributed by atoms with van der Waals surface area (Å²) >= 11 is 0. The van der Waals surface area contributed by atoms with Gasteiger partial charge in [-0.2, -0.15) is 0 Å². The lowest BCUT2D eigenvalue weighted by Gasteiger charge is -2.25. The molecule has 0 aromatic carbocycles. The standard InChI is InChI=1S/C16H34N4O2/c1-16(2,3)22-15(21)14-20-12-5-8-18-10-9-17-6-4-7-19-11-13-20/h17-19H,4-14H2,1-3H3. The molecule has 0 bridgehead atoms. The SMILES string of the molecule is CC(C)(C)OC(=O)CN1CCCNCCNCCCNCC1. The zero-order valence-electron chi connectivity index (χ0n) is 14.5. The number of hydrogen-bond donors (Lipinski definition) is 3. The second-order valence-corrected chi connectivity index (χ2v) is 6.82. The molecule has 1 aliphatic heterocycles. The molecule has 0 atom stereocenters. The molecule has 0 radical (unpaired) electrons. The van der Waals surface area contributed by atoms with E-state index in [9.17, 15) is 4.79 Å². The van der Waals surface area contributed by atoms with Crippen LogP contribution in [0.1, 0.15) is 33.6 Å². The first-order valence-corrected chi connectivity index (χ1v) is 8.54. The molecule has 0 spiro atoms. The molecule has 1 aliphatic rings. The van der Waals surface area contributed by atoms with Crippen LogP contribution in [-0.2, 0) is 9.53 Å². The number of nitrogens with one attached hydrogen (secondary N) is 3. The minimum Gasteiger partial charge on any atom is -0.459 e. The fourth-order valence-corrected chi connectivity index (χ4v) is 2.38. The van der Waals surface area contributed by atoms with E-state index in [0.29, 0.717) is 6.54 Å². The predicted molar refractivity (Wildman–Crippen MR) is 90.1 cm³/mol. The van der Waals surface area contributed by atoms with Crippen molar-refractivity contribution >= 4 is 5.97 Å². The Morgan fingerprint density at radius 1 is 0.909 bits per heavy atom. The number of ether oxygens (including phenoxy) is 1. The Kier molecular flexibility index (Phi) is 9.63. The lowest BCUT2D eigenvalue weighted by molar-refractivity contribution is -0.156. The van der Waals surface area contributed by atoms with Gasteiger partial charge in [-0.15, -0.1) is 0 Å². The fourth-order valence-electron chi connectivity index (χ4n) is 2.38. The molecule has 3 N–H and O–H groups in total. The van der Waals surface area contributed by atoms with Gasteiger partial charge >= 0.3 is 5.97 Å². The minimum atomic E-state index is -0.410. The highest BCUT2D eigenvalue weighted by Crippen LogP contribution is 2.07. The summed E-state index contributed by atoms with van der Waals surface area (Å²) < 4.78 is 5.42. The Labute approximate surface area is 135 Å². The predicted octanol–water partition coefficient (Wildman–Crippen LogP) is 0.193. The lowest BCUT2D eigenvalue weighted by atomic mass is 10.2. The van der Waals surface area contributed by atoms with Crippen LogP contribution in [0.3, 0.4) is 0 Å². The molecule has 0 unspecified atom stereocenters. The van der Waals surface area contributed by atoms with Gasteiger partial charge in [0.05, 0.1) is 6.54 Å². The third-order valence-corrected chi connectivity index (χ3v) is 3.39. The molecule has 130 valence electrons. The van der Waals surface area contributed by atoms with Crippen LogP contribution in [0.25, 0.3) is 0 Å². The Morgan fingerprint density at radius 2 is 1.50 bits per heavy atom. The van der Waals surface area contributed by atoms with Gasteiger partial charge in [-0.3, -0.25) is 9.69 Å². The number of carbonyl (C=O) groups is 1. The average molecular weight is 314 g/mol. The van der Waals surface area contributed by atoms with E-state index in [1.54, 1.807) is 0 Å². The molecule has 6 nitrogen and oxygen atoms in total. The van der Waals surface area contributed by atoms with E-state index in [-0.39, 0.29) is 5.97 Å². The van der Waals surface area contributed by atoms with Crippen LogP contribution >= 0.6 is 0 Å². The highest BCUT2D eigenvalue weighted by atomic mass is 16.6. The summed E-state index contributed by atoms with van der Waals surface area (Å²) in [4.78, 5) is 14.2. The van der Waals surface area contributed by atoms with Crippen molar-refractivity contribution in [2.24, 2.45) is 0 Å². The topological polar surface area (TPSA) is 65.6 Å². The first kappa shape index (κ1) is 19.4. The third kappa shape index (κ3) is 11.0. The van der Waals surface area contributed by atoms with Crippen molar-refractivity contribution < 1.29 is 9.53 Å². The van der Waals surface area contributed by atoms with Gasteiger partial charge in [0.1, 0.15) is 5.60 Å².